The van der Waals surface area contributed by atoms with E-state index < -0.39 is 0 Å². The fourth-order valence-electron chi connectivity index (χ4n) is 2.88. The summed E-state index contributed by atoms with van der Waals surface area (Å²) >= 11 is 0. The SMILES string of the molecule is Cc1ocnc1CN(C)C1CCCCC1CN. The molecule has 2 N–H and O–H groups in total. The van der Waals surface area contributed by atoms with Gasteiger partial charge >= 0.3 is 0 Å². The Hall–Kier alpha value is -0.870. The normalized spacial score (nSPS) is 25.4. The summed E-state index contributed by atoms with van der Waals surface area (Å²) < 4.78 is 5.24. The lowest BCUT2D eigenvalue weighted by Crippen LogP contribution is -2.42. The Labute approximate surface area is 103 Å². The van der Waals surface area contributed by atoms with Crippen LogP contribution in [0.3, 0.4) is 0 Å². The van der Waals surface area contributed by atoms with Crippen molar-refractivity contribution < 1.29 is 4.42 Å². The van der Waals surface area contributed by atoms with Crippen LogP contribution in [0.5, 0.6) is 0 Å². The van der Waals surface area contributed by atoms with Gasteiger partial charge in [0.15, 0.2) is 6.39 Å². The minimum absolute atomic E-state index is 0.602. The quantitative estimate of drug-likeness (QED) is 0.869. The molecule has 0 aromatic carbocycles. The lowest BCUT2D eigenvalue weighted by Gasteiger charge is -2.37. The minimum atomic E-state index is 0.602. The predicted octanol–water partition coefficient (Wildman–Crippen LogP) is 1.93. The van der Waals surface area contributed by atoms with E-state index in [1.807, 2.05) is 6.92 Å². The highest BCUT2D eigenvalue weighted by Crippen LogP contribution is 2.28. The van der Waals surface area contributed by atoms with Crippen LogP contribution in [0.4, 0.5) is 0 Å². The summed E-state index contributed by atoms with van der Waals surface area (Å²) in [6.07, 6.45) is 6.71. The van der Waals surface area contributed by atoms with Gasteiger partial charge in [0.1, 0.15) is 5.76 Å². The number of hydrogen-bond donors (Lipinski definition) is 1. The molecule has 1 aromatic rings. The molecule has 1 aromatic heterocycles. The zero-order valence-corrected chi connectivity index (χ0v) is 10.9. The fraction of sp³-hybridized carbons (Fsp3) is 0.769. The molecule has 0 aliphatic heterocycles. The number of hydrogen-bond acceptors (Lipinski definition) is 4. The number of aryl methyl sites for hydroxylation is 1. The Morgan fingerprint density at radius 2 is 2.24 bits per heavy atom. The van der Waals surface area contributed by atoms with Gasteiger partial charge < -0.3 is 10.2 Å². The van der Waals surface area contributed by atoms with E-state index in [1.165, 1.54) is 32.1 Å². The van der Waals surface area contributed by atoms with E-state index in [9.17, 15) is 0 Å². The molecular formula is C13H23N3O. The van der Waals surface area contributed by atoms with Gasteiger partial charge in [-0.3, -0.25) is 4.90 Å². The van der Waals surface area contributed by atoms with E-state index in [0.29, 0.717) is 12.0 Å². The number of rotatable bonds is 4. The van der Waals surface area contributed by atoms with Gasteiger partial charge in [-0.25, -0.2) is 4.98 Å². The number of oxazole rings is 1. The number of nitrogens with zero attached hydrogens (tertiary/aromatic N) is 2. The van der Waals surface area contributed by atoms with Gasteiger partial charge in [-0.1, -0.05) is 12.8 Å². The highest BCUT2D eigenvalue weighted by atomic mass is 16.3. The largest absolute Gasteiger partial charge is 0.448 e. The van der Waals surface area contributed by atoms with Crippen LogP contribution in [-0.2, 0) is 6.54 Å². The topological polar surface area (TPSA) is 55.3 Å². The molecule has 1 aliphatic rings. The van der Waals surface area contributed by atoms with Crippen molar-refractivity contribution in [2.24, 2.45) is 11.7 Å². The van der Waals surface area contributed by atoms with Gasteiger partial charge in [0.05, 0.1) is 5.69 Å². The Balaban J connectivity index is 1.98. The molecule has 1 heterocycles. The van der Waals surface area contributed by atoms with Gasteiger partial charge in [-0.15, -0.1) is 0 Å². The molecule has 0 spiro atoms. The van der Waals surface area contributed by atoms with E-state index in [1.54, 1.807) is 0 Å². The second-order valence-electron chi connectivity index (χ2n) is 5.12. The Kier molecular flexibility index (Phi) is 4.18. The lowest BCUT2D eigenvalue weighted by molar-refractivity contribution is 0.126. The molecule has 0 bridgehead atoms. The van der Waals surface area contributed by atoms with Crippen LogP contribution >= 0.6 is 0 Å². The Morgan fingerprint density at radius 3 is 2.88 bits per heavy atom. The first-order valence-corrected chi connectivity index (χ1v) is 6.51. The molecule has 4 nitrogen and oxygen atoms in total. The highest BCUT2D eigenvalue weighted by molar-refractivity contribution is 5.04. The maximum atomic E-state index is 5.87. The van der Waals surface area contributed by atoms with Crippen molar-refractivity contribution in [1.82, 2.24) is 9.88 Å². The zero-order valence-electron chi connectivity index (χ0n) is 10.9. The maximum Gasteiger partial charge on any atom is 0.181 e. The van der Waals surface area contributed by atoms with Crippen molar-refractivity contribution in [3.8, 4) is 0 Å². The molecular weight excluding hydrogens is 214 g/mol. The summed E-state index contributed by atoms with van der Waals surface area (Å²) in [7, 11) is 2.17. The van der Waals surface area contributed by atoms with Crippen molar-refractivity contribution in [2.75, 3.05) is 13.6 Å². The monoisotopic (exact) mass is 237 g/mol. The number of aromatic nitrogens is 1. The zero-order chi connectivity index (χ0) is 12.3. The van der Waals surface area contributed by atoms with Crippen molar-refractivity contribution in [2.45, 2.75) is 45.2 Å². The Morgan fingerprint density at radius 1 is 1.47 bits per heavy atom. The van der Waals surface area contributed by atoms with Crippen molar-refractivity contribution >= 4 is 0 Å². The highest BCUT2D eigenvalue weighted by Gasteiger charge is 2.27. The standard InChI is InChI=1S/C13H23N3O/c1-10-12(15-9-17-10)8-16(2)13-6-4-3-5-11(13)7-14/h9,11,13H,3-8,14H2,1-2H3. The number of nitrogens with two attached hydrogens (primary N) is 1. The summed E-state index contributed by atoms with van der Waals surface area (Å²) in [6, 6.07) is 0.602. The van der Waals surface area contributed by atoms with Crippen LogP contribution in [0.2, 0.25) is 0 Å². The summed E-state index contributed by atoms with van der Waals surface area (Å²) in [5.41, 5.74) is 6.92. The first kappa shape index (κ1) is 12.6. The molecule has 2 atom stereocenters. The van der Waals surface area contributed by atoms with Gasteiger partial charge in [0.2, 0.25) is 0 Å². The second kappa shape index (κ2) is 5.65. The molecule has 1 aliphatic carbocycles. The molecule has 0 saturated heterocycles. The first-order valence-electron chi connectivity index (χ1n) is 6.51. The third-order valence-corrected chi connectivity index (χ3v) is 3.98. The molecule has 96 valence electrons. The summed E-state index contributed by atoms with van der Waals surface area (Å²) in [5, 5.41) is 0. The third kappa shape index (κ3) is 2.87. The second-order valence-corrected chi connectivity index (χ2v) is 5.12. The van der Waals surface area contributed by atoms with Crippen molar-refractivity contribution in [1.29, 1.82) is 0 Å². The average molecular weight is 237 g/mol. The van der Waals surface area contributed by atoms with Crippen molar-refractivity contribution in [3.63, 3.8) is 0 Å². The van der Waals surface area contributed by atoms with Crippen molar-refractivity contribution in [3.05, 3.63) is 17.8 Å². The molecule has 1 saturated carbocycles. The van der Waals surface area contributed by atoms with Crippen LogP contribution in [0.1, 0.15) is 37.1 Å². The first-order chi connectivity index (χ1) is 8.22. The molecule has 4 heteroatoms. The fourth-order valence-corrected chi connectivity index (χ4v) is 2.88. The smallest absolute Gasteiger partial charge is 0.181 e. The van der Waals surface area contributed by atoms with Crippen LogP contribution < -0.4 is 5.73 Å². The summed E-state index contributed by atoms with van der Waals surface area (Å²) in [4.78, 5) is 6.65. The van der Waals surface area contributed by atoms with Gasteiger partial charge in [0.25, 0.3) is 0 Å². The summed E-state index contributed by atoms with van der Waals surface area (Å²) in [6.45, 7) is 3.63. The average Bonchev–Trinajstić information content (AvgIpc) is 2.75. The molecule has 2 rings (SSSR count). The summed E-state index contributed by atoms with van der Waals surface area (Å²) in [5.74, 6) is 1.57. The van der Waals surface area contributed by atoms with E-state index in [2.05, 4.69) is 16.9 Å². The molecule has 2 unspecified atom stereocenters. The van der Waals surface area contributed by atoms with E-state index in [-0.39, 0.29) is 0 Å². The van der Waals surface area contributed by atoms with Gasteiger partial charge in [0, 0.05) is 12.6 Å². The molecule has 1 fully saturated rings. The third-order valence-electron chi connectivity index (χ3n) is 3.98. The Bertz CT molecular complexity index is 350. The molecule has 0 radical (unpaired) electrons. The van der Waals surface area contributed by atoms with Crippen LogP contribution in [0.25, 0.3) is 0 Å². The van der Waals surface area contributed by atoms with Crippen LogP contribution in [0.15, 0.2) is 10.8 Å². The molecule has 17 heavy (non-hydrogen) atoms. The maximum absolute atomic E-state index is 5.87. The lowest BCUT2D eigenvalue weighted by atomic mass is 9.83. The minimum Gasteiger partial charge on any atom is -0.448 e. The predicted molar refractivity (Wildman–Crippen MR) is 67.5 cm³/mol. The van der Waals surface area contributed by atoms with Crippen LogP contribution in [-0.4, -0.2) is 29.5 Å². The molecule has 0 amide bonds. The van der Waals surface area contributed by atoms with E-state index >= 15 is 0 Å². The van der Waals surface area contributed by atoms with Gasteiger partial charge in [-0.2, -0.15) is 0 Å². The van der Waals surface area contributed by atoms with E-state index in [0.717, 1.165) is 24.5 Å². The van der Waals surface area contributed by atoms with Crippen LogP contribution in [0, 0.1) is 12.8 Å². The van der Waals surface area contributed by atoms with Gasteiger partial charge in [-0.05, 0) is 39.3 Å². The van der Waals surface area contributed by atoms with E-state index in [4.69, 9.17) is 10.2 Å².